The van der Waals surface area contributed by atoms with Gasteiger partial charge in [-0.3, -0.25) is 4.79 Å². The third-order valence-electron chi connectivity index (χ3n) is 4.93. The van der Waals surface area contributed by atoms with Crippen molar-refractivity contribution in [1.29, 1.82) is 0 Å². The van der Waals surface area contributed by atoms with Crippen molar-refractivity contribution in [2.24, 2.45) is 5.92 Å². The van der Waals surface area contributed by atoms with E-state index in [1.807, 2.05) is 0 Å². The molecule has 2 aliphatic rings. The van der Waals surface area contributed by atoms with E-state index in [1.165, 1.54) is 18.9 Å². The van der Waals surface area contributed by atoms with Gasteiger partial charge in [-0.2, -0.15) is 0 Å². The van der Waals surface area contributed by atoms with Gasteiger partial charge in [-0.1, -0.05) is 15.9 Å². The number of piperidine rings is 1. The molecule has 3 rings (SSSR count). The highest BCUT2D eigenvalue weighted by Crippen LogP contribution is 2.38. The van der Waals surface area contributed by atoms with Crippen LogP contribution in [0.25, 0.3) is 0 Å². The van der Waals surface area contributed by atoms with Crippen LogP contribution in [0.1, 0.15) is 31.2 Å². The molecule has 0 radical (unpaired) electrons. The van der Waals surface area contributed by atoms with Crippen LogP contribution in [0.5, 0.6) is 0 Å². The lowest BCUT2D eigenvalue weighted by Crippen LogP contribution is -2.42. The predicted molar refractivity (Wildman–Crippen MR) is 80.1 cm³/mol. The Morgan fingerprint density at radius 1 is 1.35 bits per heavy atom. The van der Waals surface area contributed by atoms with Crippen LogP contribution in [0.3, 0.4) is 0 Å². The number of halogens is 2. The molecule has 2 nitrogen and oxygen atoms in total. The van der Waals surface area contributed by atoms with E-state index < -0.39 is 0 Å². The third kappa shape index (κ3) is 2.68. The quantitative estimate of drug-likeness (QED) is 0.838. The Balaban J connectivity index is 1.69. The lowest BCUT2D eigenvalue weighted by molar-refractivity contribution is -0.124. The fraction of sp³-hybridized carbons (Fsp3) is 0.562. The lowest BCUT2D eigenvalue weighted by Gasteiger charge is -2.35. The molecule has 2 unspecified atom stereocenters. The molecule has 108 valence electrons. The molecule has 0 spiro atoms. The Kier molecular flexibility index (Phi) is 3.95. The van der Waals surface area contributed by atoms with Crippen LogP contribution in [0.2, 0.25) is 0 Å². The zero-order valence-corrected chi connectivity index (χ0v) is 13.2. The highest BCUT2D eigenvalue weighted by molar-refractivity contribution is 9.10. The van der Waals surface area contributed by atoms with Gasteiger partial charge in [-0.05, 0) is 56.5 Å². The van der Waals surface area contributed by atoms with E-state index in [2.05, 4.69) is 27.9 Å². The molecule has 0 saturated carbocycles. The summed E-state index contributed by atoms with van der Waals surface area (Å²) < 4.78 is 14.6. The topological polar surface area (TPSA) is 20.3 Å². The molecule has 2 heterocycles. The summed E-state index contributed by atoms with van der Waals surface area (Å²) in [5.74, 6) is 0.0338. The SMILES string of the molecule is CN1C2CCC1CC(C(=O)Cc1cc(Br)ccc1F)C2. The van der Waals surface area contributed by atoms with Crippen molar-refractivity contribution in [3.63, 3.8) is 0 Å². The van der Waals surface area contributed by atoms with Gasteiger partial charge in [0.1, 0.15) is 11.6 Å². The van der Waals surface area contributed by atoms with Gasteiger partial charge >= 0.3 is 0 Å². The van der Waals surface area contributed by atoms with Gasteiger partial charge in [0.2, 0.25) is 0 Å². The van der Waals surface area contributed by atoms with Crippen LogP contribution in [-0.4, -0.2) is 29.8 Å². The third-order valence-corrected chi connectivity index (χ3v) is 5.42. The summed E-state index contributed by atoms with van der Waals surface area (Å²) in [5.41, 5.74) is 0.510. The van der Waals surface area contributed by atoms with Crippen molar-refractivity contribution in [3.8, 4) is 0 Å². The molecule has 0 N–H and O–H groups in total. The number of rotatable bonds is 3. The zero-order chi connectivity index (χ0) is 14.3. The first kappa shape index (κ1) is 14.2. The molecule has 2 saturated heterocycles. The van der Waals surface area contributed by atoms with Gasteiger partial charge < -0.3 is 4.90 Å². The fourth-order valence-corrected chi connectivity index (χ4v) is 4.09. The van der Waals surface area contributed by atoms with Crippen molar-refractivity contribution in [3.05, 3.63) is 34.1 Å². The van der Waals surface area contributed by atoms with Gasteiger partial charge in [0.15, 0.2) is 0 Å². The van der Waals surface area contributed by atoms with E-state index in [9.17, 15) is 9.18 Å². The number of Topliss-reactive ketones (excluding diaryl/α,β-unsaturated/α-hetero) is 1. The van der Waals surface area contributed by atoms with Gasteiger partial charge in [0, 0.05) is 28.9 Å². The second kappa shape index (κ2) is 5.57. The van der Waals surface area contributed by atoms with Gasteiger partial charge in [0.05, 0.1) is 0 Å². The number of ketones is 1. The van der Waals surface area contributed by atoms with Gasteiger partial charge in [0.25, 0.3) is 0 Å². The molecule has 20 heavy (non-hydrogen) atoms. The number of hydrogen-bond donors (Lipinski definition) is 0. The second-order valence-corrected chi connectivity index (χ2v) is 7.01. The first-order chi connectivity index (χ1) is 9.54. The van der Waals surface area contributed by atoms with Crippen molar-refractivity contribution in [2.75, 3.05) is 7.05 Å². The van der Waals surface area contributed by atoms with Gasteiger partial charge in [-0.15, -0.1) is 0 Å². The summed E-state index contributed by atoms with van der Waals surface area (Å²) in [7, 11) is 2.16. The minimum Gasteiger partial charge on any atom is -0.300 e. The van der Waals surface area contributed by atoms with Gasteiger partial charge in [-0.25, -0.2) is 4.39 Å². The number of fused-ring (bicyclic) bond motifs is 2. The smallest absolute Gasteiger partial charge is 0.140 e. The van der Waals surface area contributed by atoms with Crippen LogP contribution in [0.15, 0.2) is 22.7 Å². The molecular formula is C16H19BrFNO. The summed E-state index contributed by atoms with van der Waals surface area (Å²) in [4.78, 5) is 14.9. The van der Waals surface area contributed by atoms with E-state index >= 15 is 0 Å². The maximum absolute atomic E-state index is 13.7. The molecule has 2 atom stereocenters. The standard InChI is InChI=1S/C16H19BrFNO/c1-19-13-3-4-14(19)8-11(7-13)16(20)9-10-6-12(17)2-5-15(10)18/h2,5-6,11,13-14H,3-4,7-9H2,1H3. The fourth-order valence-electron chi connectivity index (χ4n) is 3.69. The molecular weight excluding hydrogens is 321 g/mol. The normalized spacial score (nSPS) is 29.6. The van der Waals surface area contributed by atoms with Crippen molar-refractivity contribution in [1.82, 2.24) is 4.90 Å². The Bertz CT molecular complexity index is 519. The molecule has 2 aliphatic heterocycles. The highest BCUT2D eigenvalue weighted by Gasteiger charge is 2.40. The minimum atomic E-state index is -0.280. The summed E-state index contributed by atoms with van der Waals surface area (Å²) in [6.45, 7) is 0. The Morgan fingerprint density at radius 3 is 2.65 bits per heavy atom. The van der Waals surface area contributed by atoms with Crippen molar-refractivity contribution >= 4 is 21.7 Å². The number of carbonyl (C=O) groups is 1. The lowest BCUT2D eigenvalue weighted by atomic mass is 9.85. The Labute approximate surface area is 127 Å². The maximum Gasteiger partial charge on any atom is 0.140 e. The van der Waals surface area contributed by atoms with Crippen molar-refractivity contribution in [2.45, 2.75) is 44.2 Å². The summed E-state index contributed by atoms with van der Waals surface area (Å²) in [5, 5.41) is 0. The Hall–Kier alpha value is -0.740. The maximum atomic E-state index is 13.7. The van der Waals surface area contributed by atoms with E-state index in [0.717, 1.165) is 17.3 Å². The second-order valence-electron chi connectivity index (χ2n) is 6.10. The number of nitrogens with zero attached hydrogens (tertiary/aromatic N) is 1. The molecule has 1 aromatic carbocycles. The summed E-state index contributed by atoms with van der Waals surface area (Å²) in [6.07, 6.45) is 4.52. The van der Waals surface area contributed by atoms with E-state index in [-0.39, 0.29) is 23.9 Å². The van der Waals surface area contributed by atoms with Crippen molar-refractivity contribution < 1.29 is 9.18 Å². The Morgan fingerprint density at radius 2 is 2.00 bits per heavy atom. The van der Waals surface area contributed by atoms with E-state index in [1.54, 1.807) is 12.1 Å². The molecule has 0 amide bonds. The van der Waals surface area contributed by atoms with Crippen LogP contribution in [0, 0.1) is 11.7 Å². The monoisotopic (exact) mass is 339 g/mol. The van der Waals surface area contributed by atoms with Crippen LogP contribution < -0.4 is 0 Å². The molecule has 2 bridgehead atoms. The molecule has 4 heteroatoms. The average Bonchev–Trinajstić information content (AvgIpc) is 2.65. The average molecular weight is 340 g/mol. The van der Waals surface area contributed by atoms with Crippen LogP contribution >= 0.6 is 15.9 Å². The number of carbonyl (C=O) groups excluding carboxylic acids is 1. The number of hydrogen-bond acceptors (Lipinski definition) is 2. The predicted octanol–water partition coefficient (Wildman–Crippen LogP) is 3.57. The van der Waals surface area contributed by atoms with E-state index in [4.69, 9.17) is 0 Å². The van der Waals surface area contributed by atoms with Crippen LogP contribution in [-0.2, 0) is 11.2 Å². The molecule has 0 aromatic heterocycles. The van der Waals surface area contributed by atoms with E-state index in [0.29, 0.717) is 17.6 Å². The summed E-state index contributed by atoms with van der Waals surface area (Å²) in [6, 6.07) is 5.91. The molecule has 1 aromatic rings. The minimum absolute atomic E-state index is 0.113. The van der Waals surface area contributed by atoms with Crippen LogP contribution in [0.4, 0.5) is 4.39 Å². The molecule has 2 fully saturated rings. The number of benzene rings is 1. The largest absolute Gasteiger partial charge is 0.300 e. The first-order valence-corrected chi connectivity index (χ1v) is 8.02. The summed E-state index contributed by atoms with van der Waals surface area (Å²) >= 11 is 3.33. The highest BCUT2D eigenvalue weighted by atomic mass is 79.9. The zero-order valence-electron chi connectivity index (χ0n) is 11.6. The first-order valence-electron chi connectivity index (χ1n) is 7.23. The molecule has 0 aliphatic carbocycles.